The second-order valence-corrected chi connectivity index (χ2v) is 13.0. The Hall–Kier alpha value is -3.19. The fourth-order valence-electron chi connectivity index (χ4n) is 7.12. The van der Waals surface area contributed by atoms with E-state index in [9.17, 15) is 0 Å². The summed E-state index contributed by atoms with van der Waals surface area (Å²) in [7, 11) is 0. The Bertz CT molecular complexity index is 1410. The first-order valence-corrected chi connectivity index (χ1v) is 13.2. The third kappa shape index (κ3) is 2.92. The van der Waals surface area contributed by atoms with Gasteiger partial charge < -0.3 is 0 Å². The lowest BCUT2D eigenvalue weighted by atomic mass is 9.59. The van der Waals surface area contributed by atoms with Crippen molar-refractivity contribution < 1.29 is 0 Å². The number of fused-ring (bicyclic) bond motifs is 4. The lowest BCUT2D eigenvalue weighted by Gasteiger charge is -2.44. The quantitative estimate of drug-likeness (QED) is 0.271. The molecule has 0 amide bonds. The van der Waals surface area contributed by atoms with Crippen LogP contribution in [0.2, 0.25) is 0 Å². The first-order valence-electron chi connectivity index (χ1n) is 13.2. The van der Waals surface area contributed by atoms with Gasteiger partial charge in [-0.25, -0.2) is 0 Å². The molecule has 2 aliphatic carbocycles. The van der Waals surface area contributed by atoms with Crippen molar-refractivity contribution in [3.05, 3.63) is 124 Å². The lowest BCUT2D eigenvalue weighted by molar-refractivity contribution is 0.518. The molecule has 1 heteroatoms. The largest absolute Gasteiger partial charge is 0.256 e. The minimum absolute atomic E-state index is 0.0288. The van der Waals surface area contributed by atoms with E-state index >= 15 is 0 Å². The standard InChI is InChI=1S/C35H37N/c1-32(2)23-13-9-10-14-24(23)33(3,4)28-19-22(17-18-27(28)32)31-20-29-30(21-36-31)35(7,8)26-16-12-11-15-25(26)34(29,5)6/h9-21H,1-8H3. The lowest BCUT2D eigenvalue weighted by Crippen LogP contribution is -2.37. The van der Waals surface area contributed by atoms with E-state index < -0.39 is 0 Å². The minimum atomic E-state index is -0.0758. The molecule has 0 spiro atoms. The van der Waals surface area contributed by atoms with Crippen molar-refractivity contribution >= 4 is 0 Å². The highest BCUT2D eigenvalue weighted by molar-refractivity contribution is 5.69. The Morgan fingerprint density at radius 2 is 0.806 bits per heavy atom. The molecule has 4 aromatic rings. The molecule has 0 saturated heterocycles. The van der Waals surface area contributed by atoms with Gasteiger partial charge in [0.2, 0.25) is 0 Å². The molecule has 0 bridgehead atoms. The fraction of sp³-hybridized carbons (Fsp3) is 0.343. The Morgan fingerprint density at radius 1 is 0.417 bits per heavy atom. The average molecular weight is 472 g/mol. The van der Waals surface area contributed by atoms with E-state index in [0.29, 0.717) is 0 Å². The van der Waals surface area contributed by atoms with Gasteiger partial charge >= 0.3 is 0 Å². The Labute approximate surface area is 216 Å². The zero-order valence-corrected chi connectivity index (χ0v) is 23.0. The van der Waals surface area contributed by atoms with E-state index in [1.807, 2.05) is 0 Å². The van der Waals surface area contributed by atoms with Crippen LogP contribution in [0.5, 0.6) is 0 Å². The van der Waals surface area contributed by atoms with E-state index in [0.717, 1.165) is 5.69 Å². The van der Waals surface area contributed by atoms with E-state index in [1.54, 1.807) is 0 Å². The van der Waals surface area contributed by atoms with E-state index in [4.69, 9.17) is 4.98 Å². The topological polar surface area (TPSA) is 12.9 Å². The first-order chi connectivity index (χ1) is 16.9. The molecule has 0 aliphatic heterocycles. The van der Waals surface area contributed by atoms with E-state index in [1.165, 1.54) is 50.1 Å². The van der Waals surface area contributed by atoms with Gasteiger partial charge in [-0.1, -0.05) is 116 Å². The molecule has 1 nitrogen and oxygen atoms in total. The summed E-state index contributed by atoms with van der Waals surface area (Å²) in [4.78, 5) is 5.07. The maximum absolute atomic E-state index is 5.07. The molecule has 0 saturated carbocycles. The summed E-state index contributed by atoms with van der Waals surface area (Å²) in [6.45, 7) is 18.8. The van der Waals surface area contributed by atoms with Crippen molar-refractivity contribution in [1.29, 1.82) is 0 Å². The van der Waals surface area contributed by atoms with E-state index in [-0.39, 0.29) is 21.7 Å². The van der Waals surface area contributed by atoms with Gasteiger partial charge in [-0.3, -0.25) is 4.98 Å². The summed E-state index contributed by atoms with van der Waals surface area (Å²) in [5.41, 5.74) is 13.3. The number of nitrogens with zero attached hydrogens (tertiary/aromatic N) is 1. The molecule has 3 aromatic carbocycles. The molecule has 1 aromatic heterocycles. The van der Waals surface area contributed by atoms with Gasteiger partial charge in [0.25, 0.3) is 0 Å². The second kappa shape index (κ2) is 7.19. The maximum atomic E-state index is 5.07. The van der Waals surface area contributed by atoms with E-state index in [2.05, 4.69) is 134 Å². The molecule has 1 heterocycles. The molecule has 0 radical (unpaired) electrons. The minimum Gasteiger partial charge on any atom is -0.256 e. The molecule has 0 atom stereocenters. The van der Waals surface area contributed by atoms with Crippen LogP contribution in [0.15, 0.2) is 79.0 Å². The van der Waals surface area contributed by atoms with Crippen molar-refractivity contribution in [3.8, 4) is 11.3 Å². The molecule has 36 heavy (non-hydrogen) atoms. The third-order valence-electron chi connectivity index (χ3n) is 9.46. The summed E-state index contributed by atoms with van der Waals surface area (Å²) in [5.74, 6) is 0. The van der Waals surface area contributed by atoms with Crippen molar-refractivity contribution in [3.63, 3.8) is 0 Å². The van der Waals surface area contributed by atoms with Crippen LogP contribution in [-0.4, -0.2) is 4.98 Å². The smallest absolute Gasteiger partial charge is 0.0705 e. The summed E-state index contributed by atoms with van der Waals surface area (Å²) < 4.78 is 0. The molecule has 0 unspecified atom stereocenters. The summed E-state index contributed by atoms with van der Waals surface area (Å²) in [6, 6.07) is 27.3. The summed E-state index contributed by atoms with van der Waals surface area (Å²) >= 11 is 0. The number of hydrogen-bond acceptors (Lipinski definition) is 1. The second-order valence-electron chi connectivity index (χ2n) is 13.0. The van der Waals surface area contributed by atoms with Crippen LogP contribution in [0.3, 0.4) is 0 Å². The van der Waals surface area contributed by atoms with Gasteiger partial charge in [0.15, 0.2) is 0 Å². The Kier molecular flexibility index (Phi) is 4.64. The monoisotopic (exact) mass is 471 g/mol. The van der Waals surface area contributed by atoms with Gasteiger partial charge in [0.1, 0.15) is 0 Å². The first kappa shape index (κ1) is 23.2. The van der Waals surface area contributed by atoms with Crippen LogP contribution < -0.4 is 0 Å². The highest BCUT2D eigenvalue weighted by atomic mass is 14.7. The molecule has 0 fully saturated rings. The third-order valence-corrected chi connectivity index (χ3v) is 9.46. The SMILES string of the molecule is CC1(C)c2ccccc2C(C)(C)c2cc(-c3cc4c(cn3)C(C)(C)c3ccccc3C4(C)C)ccc21. The fourth-order valence-corrected chi connectivity index (χ4v) is 7.12. The average Bonchev–Trinajstić information content (AvgIpc) is 2.86. The van der Waals surface area contributed by atoms with Crippen molar-refractivity contribution in [1.82, 2.24) is 4.98 Å². The van der Waals surface area contributed by atoms with Gasteiger partial charge in [-0.2, -0.15) is 0 Å². The van der Waals surface area contributed by atoms with Gasteiger partial charge in [0, 0.05) is 33.4 Å². The summed E-state index contributed by atoms with van der Waals surface area (Å²) in [5, 5.41) is 0. The number of aromatic nitrogens is 1. The van der Waals surface area contributed by atoms with Crippen LogP contribution in [0.4, 0.5) is 0 Å². The molecular formula is C35H37N. The van der Waals surface area contributed by atoms with Crippen LogP contribution in [0.25, 0.3) is 11.3 Å². The summed E-state index contributed by atoms with van der Waals surface area (Å²) in [6.07, 6.45) is 2.15. The number of pyridine rings is 1. The zero-order valence-electron chi connectivity index (χ0n) is 23.0. The van der Waals surface area contributed by atoms with Gasteiger partial charge in [-0.15, -0.1) is 0 Å². The van der Waals surface area contributed by atoms with Gasteiger partial charge in [0.05, 0.1) is 5.69 Å². The number of rotatable bonds is 1. The van der Waals surface area contributed by atoms with Crippen molar-refractivity contribution in [2.24, 2.45) is 0 Å². The van der Waals surface area contributed by atoms with Crippen LogP contribution in [0, 0.1) is 0 Å². The predicted molar refractivity (Wildman–Crippen MR) is 151 cm³/mol. The number of benzene rings is 3. The van der Waals surface area contributed by atoms with Crippen molar-refractivity contribution in [2.45, 2.75) is 77.0 Å². The van der Waals surface area contributed by atoms with Gasteiger partial charge in [-0.05, 0) is 56.6 Å². The maximum Gasteiger partial charge on any atom is 0.0705 e. The highest BCUT2D eigenvalue weighted by Crippen LogP contribution is 2.52. The highest BCUT2D eigenvalue weighted by Gasteiger charge is 2.43. The molecule has 182 valence electrons. The molecule has 2 aliphatic rings. The van der Waals surface area contributed by atoms with Crippen LogP contribution in [0.1, 0.15) is 99.9 Å². The normalized spacial score (nSPS) is 19.4. The zero-order chi connectivity index (χ0) is 25.7. The molecule has 6 rings (SSSR count). The molecule has 0 N–H and O–H groups in total. The van der Waals surface area contributed by atoms with Crippen molar-refractivity contribution in [2.75, 3.05) is 0 Å². The molecular weight excluding hydrogens is 434 g/mol. The Morgan fingerprint density at radius 3 is 1.31 bits per heavy atom. The number of hydrogen-bond donors (Lipinski definition) is 0. The van der Waals surface area contributed by atoms with Crippen LogP contribution >= 0.6 is 0 Å². The Balaban J connectivity index is 1.53. The predicted octanol–water partition coefficient (Wildman–Crippen LogP) is 8.68. The van der Waals surface area contributed by atoms with Crippen LogP contribution in [-0.2, 0) is 21.7 Å².